The minimum atomic E-state index is -4.42. The molecular formula is C21H15F3N2OS. The molecule has 0 atom stereocenters. The SMILES string of the molecule is O=C(N/N=C/c1cccc(C(F)(F)F)c1)c1cc2c(s1)-c1ccccc1CC2. The van der Waals surface area contributed by atoms with E-state index in [9.17, 15) is 18.0 Å². The molecule has 0 bridgehead atoms. The van der Waals surface area contributed by atoms with Crippen LogP contribution in [0.3, 0.4) is 0 Å². The molecule has 1 aromatic heterocycles. The normalized spacial score (nSPS) is 13.2. The molecule has 28 heavy (non-hydrogen) atoms. The van der Waals surface area contributed by atoms with Gasteiger partial charge in [0.25, 0.3) is 5.91 Å². The molecule has 0 aliphatic heterocycles. The summed E-state index contributed by atoms with van der Waals surface area (Å²) in [7, 11) is 0. The molecule has 1 aliphatic carbocycles. The molecule has 0 spiro atoms. The fourth-order valence-electron chi connectivity index (χ4n) is 3.20. The Morgan fingerprint density at radius 2 is 1.82 bits per heavy atom. The van der Waals surface area contributed by atoms with Gasteiger partial charge in [-0.25, -0.2) is 5.43 Å². The third-order valence-corrected chi connectivity index (χ3v) is 5.76. The molecule has 0 radical (unpaired) electrons. The summed E-state index contributed by atoms with van der Waals surface area (Å²) in [6.45, 7) is 0. The molecule has 7 heteroatoms. The maximum atomic E-state index is 12.7. The highest BCUT2D eigenvalue weighted by molar-refractivity contribution is 7.17. The van der Waals surface area contributed by atoms with E-state index >= 15 is 0 Å². The second-order valence-electron chi connectivity index (χ2n) is 6.44. The number of amides is 1. The van der Waals surface area contributed by atoms with Crippen LogP contribution in [0.4, 0.5) is 13.2 Å². The van der Waals surface area contributed by atoms with Gasteiger partial charge in [0.05, 0.1) is 16.7 Å². The molecular weight excluding hydrogens is 385 g/mol. The van der Waals surface area contributed by atoms with Gasteiger partial charge in [0.1, 0.15) is 0 Å². The summed E-state index contributed by atoms with van der Waals surface area (Å²) < 4.78 is 38.2. The van der Waals surface area contributed by atoms with E-state index in [0.29, 0.717) is 4.88 Å². The molecule has 4 rings (SSSR count). The van der Waals surface area contributed by atoms with Gasteiger partial charge in [0, 0.05) is 4.88 Å². The van der Waals surface area contributed by atoms with Crippen molar-refractivity contribution in [3.05, 3.63) is 81.7 Å². The lowest BCUT2D eigenvalue weighted by Crippen LogP contribution is -2.16. The first-order valence-electron chi connectivity index (χ1n) is 8.63. The van der Waals surface area contributed by atoms with Gasteiger partial charge in [-0.15, -0.1) is 11.3 Å². The number of alkyl halides is 3. The number of halogens is 3. The monoisotopic (exact) mass is 400 g/mol. The number of nitrogens with one attached hydrogen (secondary N) is 1. The summed E-state index contributed by atoms with van der Waals surface area (Å²) in [4.78, 5) is 14.0. The zero-order valence-electron chi connectivity index (χ0n) is 14.6. The van der Waals surface area contributed by atoms with Crippen LogP contribution in [0.5, 0.6) is 0 Å². The molecule has 1 amide bonds. The molecule has 0 saturated heterocycles. The van der Waals surface area contributed by atoms with Crippen LogP contribution in [0.2, 0.25) is 0 Å². The van der Waals surface area contributed by atoms with Gasteiger partial charge in [0.2, 0.25) is 0 Å². The van der Waals surface area contributed by atoms with E-state index in [1.54, 1.807) is 0 Å². The second-order valence-corrected chi connectivity index (χ2v) is 7.50. The van der Waals surface area contributed by atoms with E-state index in [1.165, 1.54) is 35.2 Å². The molecule has 3 aromatic rings. The van der Waals surface area contributed by atoms with E-state index < -0.39 is 11.7 Å². The Hall–Kier alpha value is -2.93. The summed E-state index contributed by atoms with van der Waals surface area (Å²) >= 11 is 1.40. The summed E-state index contributed by atoms with van der Waals surface area (Å²) in [5, 5.41) is 3.81. The van der Waals surface area contributed by atoms with E-state index in [0.717, 1.165) is 41.0 Å². The Morgan fingerprint density at radius 3 is 2.64 bits per heavy atom. The average molecular weight is 400 g/mol. The summed E-state index contributed by atoms with van der Waals surface area (Å²) in [6.07, 6.45) is -1.40. The highest BCUT2D eigenvalue weighted by atomic mass is 32.1. The number of benzene rings is 2. The number of rotatable bonds is 3. The van der Waals surface area contributed by atoms with E-state index in [4.69, 9.17) is 0 Å². The van der Waals surface area contributed by atoms with Crippen LogP contribution >= 0.6 is 11.3 Å². The lowest BCUT2D eigenvalue weighted by Gasteiger charge is -2.15. The van der Waals surface area contributed by atoms with Crippen LogP contribution < -0.4 is 5.43 Å². The number of hydrogen-bond acceptors (Lipinski definition) is 3. The number of fused-ring (bicyclic) bond motifs is 3. The van der Waals surface area contributed by atoms with Crippen LogP contribution in [0.25, 0.3) is 10.4 Å². The Balaban J connectivity index is 1.49. The quantitative estimate of drug-likeness (QED) is 0.471. The summed E-state index contributed by atoms with van der Waals surface area (Å²) in [5.74, 6) is -0.375. The Labute approximate surface area is 163 Å². The summed E-state index contributed by atoms with van der Waals surface area (Å²) in [5.41, 5.74) is 5.46. The Kier molecular flexibility index (Phi) is 4.77. The van der Waals surface area contributed by atoms with Crippen molar-refractivity contribution in [3.8, 4) is 10.4 Å². The van der Waals surface area contributed by atoms with E-state index in [2.05, 4.69) is 22.7 Å². The van der Waals surface area contributed by atoms with Crippen molar-refractivity contribution in [3.63, 3.8) is 0 Å². The number of carbonyl (C=O) groups is 1. The molecule has 2 aromatic carbocycles. The van der Waals surface area contributed by atoms with Gasteiger partial charge in [-0.1, -0.05) is 36.4 Å². The van der Waals surface area contributed by atoms with Gasteiger partial charge in [-0.3, -0.25) is 4.79 Å². The predicted octanol–water partition coefficient (Wildman–Crippen LogP) is 5.30. The first-order valence-corrected chi connectivity index (χ1v) is 9.45. The lowest BCUT2D eigenvalue weighted by molar-refractivity contribution is -0.137. The molecule has 1 aliphatic rings. The number of hydrogen-bond donors (Lipinski definition) is 1. The van der Waals surface area contributed by atoms with Crippen molar-refractivity contribution in [2.45, 2.75) is 19.0 Å². The maximum absolute atomic E-state index is 12.7. The zero-order valence-corrected chi connectivity index (χ0v) is 15.4. The molecule has 1 heterocycles. The van der Waals surface area contributed by atoms with Crippen LogP contribution in [-0.4, -0.2) is 12.1 Å². The van der Waals surface area contributed by atoms with Gasteiger partial charge >= 0.3 is 6.18 Å². The Morgan fingerprint density at radius 1 is 1.04 bits per heavy atom. The highest BCUT2D eigenvalue weighted by Gasteiger charge is 2.30. The highest BCUT2D eigenvalue weighted by Crippen LogP contribution is 2.39. The van der Waals surface area contributed by atoms with Crippen molar-refractivity contribution in [2.75, 3.05) is 0 Å². The summed E-state index contributed by atoms with van der Waals surface area (Å²) in [6, 6.07) is 14.8. The molecule has 3 nitrogen and oxygen atoms in total. The maximum Gasteiger partial charge on any atom is 0.416 e. The minimum absolute atomic E-state index is 0.259. The average Bonchev–Trinajstić information content (AvgIpc) is 3.12. The van der Waals surface area contributed by atoms with E-state index in [-0.39, 0.29) is 11.5 Å². The molecule has 1 N–H and O–H groups in total. The fourth-order valence-corrected chi connectivity index (χ4v) is 4.36. The van der Waals surface area contributed by atoms with Crippen molar-refractivity contribution in [1.29, 1.82) is 0 Å². The molecule has 0 saturated carbocycles. The topological polar surface area (TPSA) is 41.5 Å². The largest absolute Gasteiger partial charge is 0.416 e. The lowest BCUT2D eigenvalue weighted by atomic mass is 9.91. The first kappa shape index (κ1) is 18.4. The predicted molar refractivity (Wildman–Crippen MR) is 104 cm³/mol. The van der Waals surface area contributed by atoms with E-state index in [1.807, 2.05) is 18.2 Å². The second kappa shape index (κ2) is 7.24. The minimum Gasteiger partial charge on any atom is -0.266 e. The van der Waals surface area contributed by atoms with Crippen molar-refractivity contribution in [1.82, 2.24) is 5.43 Å². The number of hydrazone groups is 1. The standard InChI is InChI=1S/C21H15F3N2OS/c22-21(23,24)16-6-3-4-13(10-16)12-25-26-20(27)18-11-15-9-8-14-5-1-2-7-17(14)19(15)28-18/h1-7,10-12H,8-9H2,(H,26,27)/b25-12+. The van der Waals surface area contributed by atoms with Crippen molar-refractivity contribution in [2.24, 2.45) is 5.10 Å². The van der Waals surface area contributed by atoms with Crippen LogP contribution in [0.15, 0.2) is 59.7 Å². The first-order chi connectivity index (χ1) is 13.4. The van der Waals surface area contributed by atoms with Gasteiger partial charge in [0.15, 0.2) is 0 Å². The fraction of sp³-hybridized carbons (Fsp3) is 0.143. The zero-order chi connectivity index (χ0) is 19.7. The van der Waals surface area contributed by atoms with Crippen LogP contribution in [0.1, 0.15) is 31.9 Å². The Bertz CT molecular complexity index is 1070. The number of nitrogens with zero attached hydrogens (tertiary/aromatic N) is 1. The number of aryl methyl sites for hydroxylation is 2. The van der Waals surface area contributed by atoms with Crippen molar-refractivity contribution < 1.29 is 18.0 Å². The smallest absolute Gasteiger partial charge is 0.266 e. The third kappa shape index (κ3) is 3.71. The third-order valence-electron chi connectivity index (χ3n) is 4.55. The molecule has 0 unspecified atom stereocenters. The molecule has 0 fully saturated rings. The number of thiophene rings is 1. The van der Waals surface area contributed by atoms with Crippen LogP contribution in [-0.2, 0) is 19.0 Å². The molecule has 142 valence electrons. The van der Waals surface area contributed by atoms with Crippen LogP contribution in [0, 0.1) is 0 Å². The number of carbonyl (C=O) groups excluding carboxylic acids is 1. The van der Waals surface area contributed by atoms with Gasteiger partial charge < -0.3 is 0 Å². The van der Waals surface area contributed by atoms with Gasteiger partial charge in [-0.2, -0.15) is 18.3 Å². The van der Waals surface area contributed by atoms with Gasteiger partial charge in [-0.05, 0) is 53.3 Å². The van der Waals surface area contributed by atoms with Crippen molar-refractivity contribution >= 4 is 23.5 Å².